The van der Waals surface area contributed by atoms with E-state index in [1.54, 1.807) is 7.11 Å². The van der Waals surface area contributed by atoms with Crippen molar-refractivity contribution in [2.45, 2.75) is 19.4 Å². The summed E-state index contributed by atoms with van der Waals surface area (Å²) in [5.74, 6) is 1.41. The second-order valence-electron chi connectivity index (χ2n) is 6.37. The molecule has 26 heavy (non-hydrogen) atoms. The van der Waals surface area contributed by atoms with E-state index in [2.05, 4.69) is 28.2 Å². The van der Waals surface area contributed by atoms with Crippen LogP contribution in [0.3, 0.4) is 0 Å². The molecule has 1 aliphatic heterocycles. The maximum absolute atomic E-state index is 13.3. The number of carbonyl (C=O) groups excluding carboxylic acids is 1. The van der Waals surface area contributed by atoms with Crippen LogP contribution in [-0.2, 0) is 6.42 Å². The molecule has 1 N–H and O–H groups in total. The van der Waals surface area contributed by atoms with Crippen molar-refractivity contribution in [2.75, 3.05) is 13.7 Å². The Bertz CT molecular complexity index is 937. The average Bonchev–Trinajstić information content (AvgIpc) is 3.22. The highest BCUT2D eigenvalue weighted by Gasteiger charge is 2.30. The predicted molar refractivity (Wildman–Crippen MR) is 98.0 cm³/mol. The summed E-state index contributed by atoms with van der Waals surface area (Å²) in [4.78, 5) is 19.4. The van der Waals surface area contributed by atoms with Gasteiger partial charge in [-0.1, -0.05) is 24.3 Å². The normalized spacial score (nSPS) is 16.2. The third-order valence-electron chi connectivity index (χ3n) is 4.98. The van der Waals surface area contributed by atoms with Gasteiger partial charge in [0.2, 0.25) is 0 Å². The van der Waals surface area contributed by atoms with Crippen LogP contribution >= 0.6 is 0 Å². The van der Waals surface area contributed by atoms with Gasteiger partial charge in [0.25, 0.3) is 5.91 Å². The highest BCUT2D eigenvalue weighted by Crippen LogP contribution is 2.34. The molecule has 0 aliphatic carbocycles. The highest BCUT2D eigenvalue weighted by molar-refractivity contribution is 6.00. The lowest BCUT2D eigenvalue weighted by Crippen LogP contribution is -2.39. The standard InChI is InChI=1S/C20H20N4O2/c1-13-18-11-15(26-2)8-7-14(18)9-10-24(13)20(25)17-6-4-3-5-16(17)19-21-12-22-23-19/h3-8,11-13H,9-10H2,1-2H3,(H,21,22,23)/t13-/m0/s1. The minimum atomic E-state index is -0.0240. The van der Waals surface area contributed by atoms with E-state index in [9.17, 15) is 4.79 Å². The van der Waals surface area contributed by atoms with Crippen molar-refractivity contribution < 1.29 is 9.53 Å². The zero-order valence-electron chi connectivity index (χ0n) is 14.8. The Morgan fingerprint density at radius 3 is 2.88 bits per heavy atom. The van der Waals surface area contributed by atoms with E-state index < -0.39 is 0 Å². The van der Waals surface area contributed by atoms with E-state index in [0.717, 1.165) is 23.3 Å². The van der Waals surface area contributed by atoms with E-state index in [0.29, 0.717) is 17.9 Å². The van der Waals surface area contributed by atoms with Gasteiger partial charge in [-0.2, -0.15) is 5.10 Å². The van der Waals surface area contributed by atoms with Gasteiger partial charge in [0.15, 0.2) is 5.82 Å². The predicted octanol–water partition coefficient (Wildman–Crippen LogP) is 3.24. The van der Waals surface area contributed by atoms with Crippen LogP contribution in [-0.4, -0.2) is 39.6 Å². The van der Waals surface area contributed by atoms with Crippen LogP contribution in [0.15, 0.2) is 48.8 Å². The van der Waals surface area contributed by atoms with Gasteiger partial charge in [-0.05, 0) is 42.7 Å². The summed E-state index contributed by atoms with van der Waals surface area (Å²) in [5, 5.41) is 6.75. The highest BCUT2D eigenvalue weighted by atomic mass is 16.5. The van der Waals surface area contributed by atoms with Crippen molar-refractivity contribution in [1.82, 2.24) is 20.1 Å². The first-order valence-corrected chi connectivity index (χ1v) is 8.61. The number of hydrogen-bond acceptors (Lipinski definition) is 4. The van der Waals surface area contributed by atoms with E-state index >= 15 is 0 Å². The van der Waals surface area contributed by atoms with Gasteiger partial charge in [-0.25, -0.2) is 4.98 Å². The molecule has 0 spiro atoms. The average molecular weight is 348 g/mol. The summed E-state index contributed by atoms with van der Waals surface area (Å²) in [6, 6.07) is 13.6. The number of nitrogens with one attached hydrogen (secondary N) is 1. The molecule has 3 aromatic rings. The first-order chi connectivity index (χ1) is 12.7. The lowest BCUT2D eigenvalue weighted by molar-refractivity contribution is 0.0678. The van der Waals surface area contributed by atoms with Gasteiger partial charge in [-0.15, -0.1) is 0 Å². The molecule has 0 bridgehead atoms. The minimum absolute atomic E-state index is 0.00188. The number of H-pyrrole nitrogens is 1. The molecule has 1 aliphatic rings. The smallest absolute Gasteiger partial charge is 0.255 e. The molecule has 1 aromatic heterocycles. The molecule has 0 unspecified atom stereocenters. The maximum atomic E-state index is 13.3. The summed E-state index contributed by atoms with van der Waals surface area (Å²) in [6.07, 6.45) is 2.28. The molecule has 0 saturated carbocycles. The van der Waals surface area contributed by atoms with Crippen LogP contribution in [0.1, 0.15) is 34.5 Å². The van der Waals surface area contributed by atoms with Crippen LogP contribution < -0.4 is 4.74 Å². The Balaban J connectivity index is 1.70. The Kier molecular flexibility index (Phi) is 4.16. The molecule has 2 aromatic carbocycles. The van der Waals surface area contributed by atoms with Gasteiger partial charge in [-0.3, -0.25) is 9.89 Å². The fourth-order valence-corrected chi connectivity index (χ4v) is 3.56. The second-order valence-corrected chi connectivity index (χ2v) is 6.37. The number of methoxy groups -OCH3 is 1. The first kappa shape index (κ1) is 16.3. The number of rotatable bonds is 3. The summed E-state index contributed by atoms with van der Waals surface area (Å²) in [7, 11) is 1.66. The van der Waals surface area contributed by atoms with Gasteiger partial charge < -0.3 is 9.64 Å². The van der Waals surface area contributed by atoms with E-state index in [1.807, 2.05) is 41.3 Å². The molecule has 2 heterocycles. The third kappa shape index (κ3) is 2.73. The zero-order valence-corrected chi connectivity index (χ0v) is 14.8. The van der Waals surface area contributed by atoms with Crippen molar-refractivity contribution in [3.8, 4) is 17.1 Å². The largest absolute Gasteiger partial charge is 0.497 e. The molecule has 1 amide bonds. The van der Waals surface area contributed by atoms with Crippen molar-refractivity contribution in [3.05, 3.63) is 65.5 Å². The molecular formula is C20H20N4O2. The summed E-state index contributed by atoms with van der Waals surface area (Å²) in [6.45, 7) is 2.75. The summed E-state index contributed by atoms with van der Waals surface area (Å²) >= 11 is 0. The number of ether oxygens (including phenoxy) is 1. The molecule has 0 fully saturated rings. The summed E-state index contributed by atoms with van der Waals surface area (Å²) in [5.41, 5.74) is 3.80. The number of benzene rings is 2. The Morgan fingerprint density at radius 2 is 2.12 bits per heavy atom. The van der Waals surface area contributed by atoms with Crippen molar-refractivity contribution in [3.63, 3.8) is 0 Å². The van der Waals surface area contributed by atoms with Gasteiger partial charge >= 0.3 is 0 Å². The molecule has 6 nitrogen and oxygen atoms in total. The Hall–Kier alpha value is -3.15. The van der Waals surface area contributed by atoms with E-state index in [4.69, 9.17) is 4.74 Å². The van der Waals surface area contributed by atoms with E-state index in [-0.39, 0.29) is 11.9 Å². The third-order valence-corrected chi connectivity index (χ3v) is 4.98. The topological polar surface area (TPSA) is 71.1 Å². The summed E-state index contributed by atoms with van der Waals surface area (Å²) < 4.78 is 5.35. The quantitative estimate of drug-likeness (QED) is 0.789. The number of hydrogen-bond donors (Lipinski definition) is 1. The number of amides is 1. The number of carbonyl (C=O) groups is 1. The number of fused-ring (bicyclic) bond motifs is 1. The molecule has 132 valence electrons. The van der Waals surface area contributed by atoms with Crippen LogP contribution in [0.4, 0.5) is 0 Å². The van der Waals surface area contributed by atoms with Gasteiger partial charge in [0, 0.05) is 12.1 Å². The molecule has 6 heteroatoms. The lowest BCUT2D eigenvalue weighted by atomic mass is 9.92. The Morgan fingerprint density at radius 1 is 1.27 bits per heavy atom. The Labute approximate surface area is 151 Å². The molecule has 1 atom stereocenters. The second kappa shape index (κ2) is 6.63. The van der Waals surface area contributed by atoms with Gasteiger partial charge in [0.05, 0.1) is 18.7 Å². The van der Waals surface area contributed by atoms with Crippen LogP contribution in [0.2, 0.25) is 0 Å². The number of nitrogens with zero attached hydrogens (tertiary/aromatic N) is 3. The fraction of sp³-hybridized carbons (Fsp3) is 0.250. The minimum Gasteiger partial charge on any atom is -0.497 e. The number of aromatic amines is 1. The van der Waals surface area contributed by atoms with Crippen LogP contribution in [0.5, 0.6) is 5.75 Å². The monoisotopic (exact) mass is 348 g/mol. The molecule has 0 radical (unpaired) electrons. The SMILES string of the molecule is COc1ccc2c(c1)[C@H](C)N(C(=O)c1ccccc1-c1ncn[nH]1)CC2. The molecule has 4 rings (SSSR count). The molecule has 0 saturated heterocycles. The van der Waals surface area contributed by atoms with E-state index in [1.165, 1.54) is 11.9 Å². The van der Waals surface area contributed by atoms with Gasteiger partial charge in [0.1, 0.15) is 12.1 Å². The van der Waals surface area contributed by atoms with Crippen molar-refractivity contribution in [2.24, 2.45) is 0 Å². The van der Waals surface area contributed by atoms with Crippen molar-refractivity contribution >= 4 is 5.91 Å². The number of aromatic nitrogens is 3. The molecular weight excluding hydrogens is 328 g/mol. The van der Waals surface area contributed by atoms with Crippen molar-refractivity contribution in [1.29, 1.82) is 0 Å². The van der Waals surface area contributed by atoms with Crippen LogP contribution in [0, 0.1) is 0 Å². The lowest BCUT2D eigenvalue weighted by Gasteiger charge is -2.36. The first-order valence-electron chi connectivity index (χ1n) is 8.61. The van der Waals surface area contributed by atoms with Crippen LogP contribution in [0.25, 0.3) is 11.4 Å². The maximum Gasteiger partial charge on any atom is 0.255 e. The fourth-order valence-electron chi connectivity index (χ4n) is 3.56. The zero-order chi connectivity index (χ0) is 18.1.